The monoisotopic (exact) mass is 463 g/mol. The molecule has 1 atom stereocenters. The molecule has 1 fully saturated rings. The minimum Gasteiger partial charge on any atom is -0.377 e. The van der Waals surface area contributed by atoms with Crippen molar-refractivity contribution in [3.8, 4) is 11.4 Å². The predicted molar refractivity (Wildman–Crippen MR) is 122 cm³/mol. The molecule has 0 aliphatic carbocycles. The molecule has 5 rings (SSSR count). The Kier molecular flexibility index (Phi) is 5.89. The van der Waals surface area contributed by atoms with E-state index in [1.165, 1.54) is 9.59 Å². The van der Waals surface area contributed by atoms with Crippen LogP contribution < -0.4 is 0 Å². The van der Waals surface area contributed by atoms with Crippen molar-refractivity contribution >= 4 is 17.5 Å². The molecule has 0 saturated carbocycles. The molecule has 0 spiro atoms. The first-order valence-electron chi connectivity index (χ1n) is 10.6. The second kappa shape index (κ2) is 9.13. The van der Waals surface area contributed by atoms with Crippen molar-refractivity contribution in [1.29, 1.82) is 0 Å². The van der Waals surface area contributed by atoms with E-state index in [1.807, 2.05) is 42.2 Å². The molecule has 168 valence electrons. The van der Waals surface area contributed by atoms with Crippen molar-refractivity contribution in [2.45, 2.75) is 19.4 Å². The van der Waals surface area contributed by atoms with E-state index < -0.39 is 0 Å². The molecule has 1 aliphatic heterocycles. The van der Waals surface area contributed by atoms with Gasteiger partial charge in [0.05, 0.1) is 55.3 Å². The first-order valence-corrected chi connectivity index (χ1v) is 11.0. The van der Waals surface area contributed by atoms with Gasteiger partial charge in [0.1, 0.15) is 5.69 Å². The van der Waals surface area contributed by atoms with Gasteiger partial charge in [-0.1, -0.05) is 23.7 Å². The van der Waals surface area contributed by atoms with E-state index in [4.69, 9.17) is 16.3 Å². The number of carbonyl (C=O) groups excluding carboxylic acids is 1. The highest BCUT2D eigenvalue weighted by molar-refractivity contribution is 6.30. The molecular weight excluding hydrogens is 442 g/mol. The van der Waals surface area contributed by atoms with E-state index in [1.54, 1.807) is 30.9 Å². The van der Waals surface area contributed by atoms with Crippen molar-refractivity contribution in [1.82, 2.24) is 34.9 Å². The molecule has 4 aromatic rings. The molecule has 0 radical (unpaired) electrons. The van der Waals surface area contributed by atoms with Crippen molar-refractivity contribution in [2.24, 2.45) is 0 Å². The third-order valence-corrected chi connectivity index (χ3v) is 5.86. The molecule has 2 aromatic carbocycles. The van der Waals surface area contributed by atoms with Crippen LogP contribution in [-0.2, 0) is 11.2 Å². The van der Waals surface area contributed by atoms with Crippen LogP contribution in [0, 0.1) is 6.92 Å². The number of rotatable bonds is 5. The highest BCUT2D eigenvalue weighted by Gasteiger charge is 2.30. The van der Waals surface area contributed by atoms with Gasteiger partial charge in [0.15, 0.2) is 0 Å². The van der Waals surface area contributed by atoms with Crippen molar-refractivity contribution in [3.63, 3.8) is 0 Å². The van der Waals surface area contributed by atoms with Crippen molar-refractivity contribution in [2.75, 3.05) is 19.8 Å². The Morgan fingerprint density at radius 1 is 1.06 bits per heavy atom. The smallest absolute Gasteiger partial charge is 0.256 e. The summed E-state index contributed by atoms with van der Waals surface area (Å²) in [6.07, 6.45) is 7.02. The Hall–Kier alpha value is -3.56. The van der Waals surface area contributed by atoms with Crippen LogP contribution in [0.15, 0.2) is 61.2 Å². The number of nitrogens with zero attached hydrogens (tertiary/aromatic N) is 7. The average Bonchev–Trinajstić information content (AvgIpc) is 3.53. The number of aryl methyl sites for hydroxylation is 1. The van der Waals surface area contributed by atoms with Crippen molar-refractivity contribution < 1.29 is 9.53 Å². The minimum atomic E-state index is -0.151. The van der Waals surface area contributed by atoms with Gasteiger partial charge < -0.3 is 9.64 Å². The molecule has 0 bridgehead atoms. The summed E-state index contributed by atoms with van der Waals surface area (Å²) in [5, 5.41) is 17.4. The van der Waals surface area contributed by atoms with E-state index in [0.29, 0.717) is 42.5 Å². The first kappa shape index (κ1) is 21.3. The third-order valence-electron chi connectivity index (χ3n) is 5.64. The van der Waals surface area contributed by atoms with Crippen LogP contribution in [-0.4, -0.2) is 66.6 Å². The molecule has 10 heteroatoms. The Bertz CT molecular complexity index is 1260. The molecule has 1 amide bonds. The van der Waals surface area contributed by atoms with E-state index in [9.17, 15) is 4.79 Å². The number of para-hydroxylation sites is 1. The van der Waals surface area contributed by atoms with Crippen LogP contribution in [0.3, 0.4) is 0 Å². The maximum Gasteiger partial charge on any atom is 0.256 e. The summed E-state index contributed by atoms with van der Waals surface area (Å²) in [6, 6.07) is 11.2. The fraction of sp³-hybridized carbons (Fsp3) is 0.261. The number of carbonyl (C=O) groups is 1. The Morgan fingerprint density at radius 3 is 2.55 bits per heavy atom. The topological polar surface area (TPSA) is 91.0 Å². The number of hydrogen-bond donors (Lipinski definition) is 0. The quantitative estimate of drug-likeness (QED) is 0.452. The summed E-state index contributed by atoms with van der Waals surface area (Å²) in [4.78, 5) is 18.6. The van der Waals surface area contributed by atoms with Gasteiger partial charge in [-0.25, -0.2) is 0 Å². The highest BCUT2D eigenvalue weighted by atomic mass is 35.5. The summed E-state index contributed by atoms with van der Waals surface area (Å²) < 4.78 is 5.74. The molecule has 33 heavy (non-hydrogen) atoms. The van der Waals surface area contributed by atoms with Gasteiger partial charge in [-0.05, 0) is 48.7 Å². The normalized spacial score (nSPS) is 16.2. The summed E-state index contributed by atoms with van der Waals surface area (Å²) >= 11 is 6.38. The molecule has 0 N–H and O–H groups in total. The molecule has 9 nitrogen and oxygen atoms in total. The number of morpholine rings is 1. The van der Waals surface area contributed by atoms with E-state index in [-0.39, 0.29) is 11.9 Å². The molecule has 2 aromatic heterocycles. The van der Waals surface area contributed by atoms with E-state index >= 15 is 0 Å². The fourth-order valence-electron chi connectivity index (χ4n) is 4.16. The predicted octanol–water partition coefficient (Wildman–Crippen LogP) is 2.89. The zero-order valence-corrected chi connectivity index (χ0v) is 18.8. The fourth-order valence-corrected chi connectivity index (χ4v) is 4.41. The third kappa shape index (κ3) is 4.37. The largest absolute Gasteiger partial charge is 0.377 e. The van der Waals surface area contributed by atoms with Crippen LogP contribution >= 0.6 is 11.6 Å². The van der Waals surface area contributed by atoms with Gasteiger partial charge in [0.2, 0.25) is 0 Å². The lowest BCUT2D eigenvalue weighted by atomic mass is 10.0. The summed E-state index contributed by atoms with van der Waals surface area (Å²) in [5.41, 5.74) is 3.91. The number of ether oxygens (including phenoxy) is 1. The summed E-state index contributed by atoms with van der Waals surface area (Å²) in [5.74, 6) is -0.0738. The molecule has 1 unspecified atom stereocenters. The minimum absolute atomic E-state index is 0.0738. The second-order valence-electron chi connectivity index (χ2n) is 7.86. The van der Waals surface area contributed by atoms with Crippen LogP contribution in [0.2, 0.25) is 5.02 Å². The van der Waals surface area contributed by atoms with E-state index in [2.05, 4.69) is 20.4 Å². The van der Waals surface area contributed by atoms with Crippen molar-refractivity contribution in [3.05, 3.63) is 82.9 Å². The highest BCUT2D eigenvalue weighted by Crippen LogP contribution is 2.24. The number of amides is 1. The Balaban J connectivity index is 1.45. The lowest BCUT2D eigenvalue weighted by Crippen LogP contribution is -2.50. The number of halogens is 1. The molecular formula is C23H22ClN7O2. The Morgan fingerprint density at radius 2 is 1.79 bits per heavy atom. The number of benzene rings is 2. The lowest BCUT2D eigenvalue weighted by molar-refractivity contribution is -0.00165. The average molecular weight is 464 g/mol. The van der Waals surface area contributed by atoms with Gasteiger partial charge in [-0.15, -0.1) is 0 Å². The lowest BCUT2D eigenvalue weighted by Gasteiger charge is -2.36. The van der Waals surface area contributed by atoms with Gasteiger partial charge >= 0.3 is 0 Å². The molecule has 1 aliphatic rings. The van der Waals surface area contributed by atoms with Crippen LogP contribution in [0.5, 0.6) is 0 Å². The summed E-state index contributed by atoms with van der Waals surface area (Å²) in [6.45, 7) is 3.37. The maximum atomic E-state index is 13.7. The van der Waals surface area contributed by atoms with Crippen LogP contribution in [0.4, 0.5) is 0 Å². The first-order chi connectivity index (χ1) is 16.1. The Labute approximate surface area is 195 Å². The zero-order chi connectivity index (χ0) is 22.8. The summed E-state index contributed by atoms with van der Waals surface area (Å²) in [7, 11) is 0. The number of aromatic nitrogens is 6. The maximum absolute atomic E-state index is 13.7. The van der Waals surface area contributed by atoms with Gasteiger partial charge in [0, 0.05) is 11.6 Å². The van der Waals surface area contributed by atoms with Crippen LogP contribution in [0.25, 0.3) is 11.4 Å². The van der Waals surface area contributed by atoms with Gasteiger partial charge in [-0.2, -0.15) is 30.0 Å². The zero-order valence-electron chi connectivity index (χ0n) is 18.0. The van der Waals surface area contributed by atoms with Gasteiger partial charge in [-0.3, -0.25) is 4.79 Å². The van der Waals surface area contributed by atoms with Gasteiger partial charge in [0.25, 0.3) is 5.91 Å². The number of hydrogen-bond acceptors (Lipinski definition) is 6. The molecule has 3 heterocycles. The van der Waals surface area contributed by atoms with Crippen LogP contribution in [0.1, 0.15) is 21.5 Å². The SMILES string of the molecule is Cc1cccc(C(=O)N2CCOCC2Cc2cc(Cl)cc(-n3nccn3)c2)c1-n1nccn1. The molecule has 1 saturated heterocycles. The standard InChI is InChI=1S/C23H22ClN7O2/c1-16-3-2-4-21(22(16)31-27-7-8-28-31)23(32)29-9-10-33-15-20(29)13-17-11-18(24)14-19(12-17)30-25-5-6-26-30/h2-8,11-12,14,20H,9-10,13,15H2,1H3. The van der Waals surface area contributed by atoms with E-state index in [0.717, 1.165) is 16.8 Å². The second-order valence-corrected chi connectivity index (χ2v) is 8.29.